The summed E-state index contributed by atoms with van der Waals surface area (Å²) >= 11 is -4.93. The number of hydrogen-bond acceptors (Lipinski definition) is 1. The van der Waals surface area contributed by atoms with Crippen molar-refractivity contribution < 1.29 is 15.0 Å². The van der Waals surface area contributed by atoms with Gasteiger partial charge in [0.05, 0.1) is 0 Å². The van der Waals surface area contributed by atoms with Crippen molar-refractivity contribution in [2.24, 2.45) is 0 Å². The molecular weight excluding hydrogens is 651 g/mol. The first kappa shape index (κ1) is 28.0. The van der Waals surface area contributed by atoms with E-state index in [4.69, 9.17) is 22.0 Å². The molecule has 0 spiro atoms. The average Bonchev–Trinajstić information content (AvgIpc) is 3.75. The molecule has 2 aliphatic rings. The van der Waals surface area contributed by atoms with Crippen LogP contribution in [0.4, 0.5) is 0 Å². The van der Waals surface area contributed by atoms with Crippen LogP contribution in [0.5, 0.6) is 0 Å². The molecule has 2 aliphatic carbocycles. The first-order valence-electron chi connectivity index (χ1n) is 14.4. The molecule has 7 rings (SSSR count). The first-order chi connectivity index (χ1) is 20.3. The minimum atomic E-state index is -4.93. The number of allylic oxidation sites excluding steroid dienone is 2. The summed E-state index contributed by atoms with van der Waals surface area (Å²) < 4.78 is -0.0878. The van der Waals surface area contributed by atoms with Crippen molar-refractivity contribution in [3.05, 3.63) is 143 Å². The van der Waals surface area contributed by atoms with Gasteiger partial charge < -0.3 is 0 Å². The van der Waals surface area contributed by atoms with Gasteiger partial charge in [0.1, 0.15) is 0 Å². The topological polar surface area (TPSA) is 28.7 Å². The van der Waals surface area contributed by atoms with Gasteiger partial charge in [-0.3, -0.25) is 0 Å². The fourth-order valence-corrected chi connectivity index (χ4v) is 36.4. The number of nitrogens with zero attached hydrogens (tertiary/aromatic N) is 1. The summed E-state index contributed by atoms with van der Waals surface area (Å²) in [6.07, 6.45) is 8.40. The molecule has 1 aromatic heterocycles. The molecular formula is C36H32Cl2N2SiZr. The molecule has 0 bridgehead atoms. The summed E-state index contributed by atoms with van der Waals surface area (Å²) in [5, 5.41) is 0. The molecule has 0 fully saturated rings. The quantitative estimate of drug-likeness (QED) is 0.184. The summed E-state index contributed by atoms with van der Waals surface area (Å²) in [5.74, 6) is 0.859. The Morgan fingerprint density at radius 3 is 1.76 bits per heavy atom. The second kappa shape index (κ2) is 10.5. The van der Waals surface area contributed by atoms with E-state index in [9.17, 15) is 0 Å². The summed E-state index contributed by atoms with van der Waals surface area (Å²) in [7, 11) is 17.0. The number of halogens is 2. The second-order valence-electron chi connectivity index (χ2n) is 11.8. The molecule has 5 aromatic rings. The first-order valence-corrected chi connectivity index (χ1v) is 29.8. The zero-order chi connectivity index (χ0) is 29.1. The molecule has 2 atom stereocenters. The molecule has 6 heteroatoms. The van der Waals surface area contributed by atoms with Crippen molar-refractivity contribution in [3.63, 3.8) is 0 Å². The number of imidazole rings is 1. The summed E-state index contributed by atoms with van der Waals surface area (Å²) in [5.41, 5.74) is 11.0. The van der Waals surface area contributed by atoms with Crippen molar-refractivity contribution in [2.45, 2.75) is 27.3 Å². The van der Waals surface area contributed by atoms with Crippen LogP contribution in [0.3, 0.4) is 0 Å². The molecule has 2 unspecified atom stereocenters. The van der Waals surface area contributed by atoms with Crippen LogP contribution >= 0.6 is 17.0 Å². The minimum absolute atomic E-state index is 0.00650. The molecule has 0 saturated heterocycles. The van der Waals surface area contributed by atoms with E-state index < -0.39 is 20.4 Å². The average molecular weight is 683 g/mol. The Labute approximate surface area is 255 Å². The molecule has 2 nitrogen and oxygen atoms in total. The Hall–Kier alpha value is -2.75. The van der Waals surface area contributed by atoms with E-state index in [1.54, 1.807) is 0 Å². The second-order valence-corrected chi connectivity index (χ2v) is 50.6. The Bertz CT molecular complexity index is 1970. The maximum absolute atomic E-state index is 8.50. The number of aromatic amines is 1. The fraction of sp³-hybridized carbons (Fsp3) is 0.139. The number of H-pyrrole nitrogens is 1. The van der Waals surface area contributed by atoms with Crippen LogP contribution in [0.25, 0.3) is 40.0 Å². The van der Waals surface area contributed by atoms with Gasteiger partial charge in [0, 0.05) is 0 Å². The number of nitrogens with one attached hydrogen (secondary N) is 1. The molecule has 4 aromatic carbocycles. The SMILES string of the molecule is CC1=Cc2c(-c3ccccc3)cccc2[CH]1[Zr]([Cl])([Cl])([CH]1C(c2ncc[nH]2)=Cc2c(-c3ccccc3)cccc21)=[Si](C)C. The third-order valence-corrected chi connectivity index (χ3v) is 55.9. The van der Waals surface area contributed by atoms with Crippen LogP contribution in [-0.4, -0.2) is 15.4 Å². The van der Waals surface area contributed by atoms with Gasteiger partial charge in [0.15, 0.2) is 0 Å². The zero-order valence-corrected chi connectivity index (χ0v) is 28.9. The van der Waals surface area contributed by atoms with Crippen LogP contribution in [-0.2, 0) is 15.0 Å². The number of hydrogen-bond donors (Lipinski definition) is 1. The van der Waals surface area contributed by atoms with Gasteiger partial charge in [-0.25, -0.2) is 0 Å². The van der Waals surface area contributed by atoms with Crippen LogP contribution in [0, 0.1) is 0 Å². The van der Waals surface area contributed by atoms with Gasteiger partial charge in [-0.2, -0.15) is 0 Å². The molecule has 0 saturated carbocycles. The summed E-state index contributed by atoms with van der Waals surface area (Å²) in [4.78, 5) is 8.19. The third kappa shape index (κ3) is 4.18. The van der Waals surface area contributed by atoms with E-state index in [1.807, 2.05) is 12.4 Å². The number of fused-ring (bicyclic) bond motifs is 2. The predicted octanol–water partition coefficient (Wildman–Crippen LogP) is 10.7. The molecule has 0 radical (unpaired) electrons. The van der Waals surface area contributed by atoms with E-state index in [1.165, 1.54) is 50.1 Å². The zero-order valence-electron chi connectivity index (χ0n) is 23.9. The van der Waals surface area contributed by atoms with Crippen LogP contribution < -0.4 is 0 Å². The molecule has 42 heavy (non-hydrogen) atoms. The molecule has 0 aliphatic heterocycles. The molecule has 1 heterocycles. The van der Waals surface area contributed by atoms with Gasteiger partial charge in [0.25, 0.3) is 0 Å². The molecule has 208 valence electrons. The fourth-order valence-electron chi connectivity index (χ4n) is 7.34. The van der Waals surface area contributed by atoms with E-state index >= 15 is 0 Å². The molecule has 0 amide bonds. The summed E-state index contributed by atoms with van der Waals surface area (Å²) in [6, 6.07) is 34.6. The predicted molar refractivity (Wildman–Crippen MR) is 179 cm³/mol. The Morgan fingerprint density at radius 2 is 1.24 bits per heavy atom. The summed E-state index contributed by atoms with van der Waals surface area (Å²) in [6.45, 7) is 6.94. The van der Waals surface area contributed by atoms with Gasteiger partial charge in [-0.15, -0.1) is 0 Å². The Balaban J connectivity index is 1.50. The van der Waals surface area contributed by atoms with Crippen molar-refractivity contribution in [2.75, 3.05) is 0 Å². The number of rotatable bonds is 5. The number of aromatic nitrogens is 2. The Kier molecular flexibility index (Phi) is 6.98. The van der Waals surface area contributed by atoms with E-state index in [2.05, 4.69) is 134 Å². The Morgan fingerprint density at radius 1 is 0.690 bits per heavy atom. The van der Waals surface area contributed by atoms with Gasteiger partial charge >= 0.3 is 258 Å². The third-order valence-electron chi connectivity index (χ3n) is 9.29. The van der Waals surface area contributed by atoms with E-state index in [0.29, 0.717) is 0 Å². The van der Waals surface area contributed by atoms with Crippen molar-refractivity contribution in [1.82, 2.24) is 9.97 Å². The van der Waals surface area contributed by atoms with Crippen molar-refractivity contribution in [1.29, 1.82) is 0 Å². The normalized spacial score (nSPS) is 17.9. The van der Waals surface area contributed by atoms with Crippen molar-refractivity contribution in [3.8, 4) is 22.3 Å². The van der Waals surface area contributed by atoms with Gasteiger partial charge in [-0.05, 0) is 0 Å². The maximum atomic E-state index is 8.50. The standard InChI is InChI=1S/C18H13N2.C16H13.C2H6Si.2ClH.Zr/c1-2-5-13(6-3-1)16-8-4-7-14-11-15(12-17(14)16)18-19-9-10-20-18;1-12-10-14-8-5-9-15(16(14)11-12)13-6-3-2-4-7-13;1-3-2;;;/h1-12H,(H,19,20);2-11H,1H3;1-2H3;2*1H;/q;;;;;+2/p-2. The van der Waals surface area contributed by atoms with Gasteiger partial charge in [0.2, 0.25) is 0 Å². The van der Waals surface area contributed by atoms with Crippen LogP contribution in [0.2, 0.25) is 13.1 Å². The monoisotopic (exact) mass is 680 g/mol. The van der Waals surface area contributed by atoms with Gasteiger partial charge in [-0.1, -0.05) is 0 Å². The number of benzene rings is 4. The van der Waals surface area contributed by atoms with E-state index in [-0.39, 0.29) is 7.25 Å². The van der Waals surface area contributed by atoms with Crippen LogP contribution in [0.15, 0.2) is 115 Å². The molecule has 1 N–H and O–H groups in total. The van der Waals surface area contributed by atoms with Crippen molar-refractivity contribution >= 4 is 40.2 Å². The van der Waals surface area contributed by atoms with E-state index in [0.717, 1.165) is 11.4 Å². The van der Waals surface area contributed by atoms with Crippen LogP contribution in [0.1, 0.15) is 42.3 Å².